The Hall–Kier alpha value is -0.520. The van der Waals surface area contributed by atoms with E-state index in [1.165, 1.54) is 12.5 Å². The largest absolute Gasteiger partial charge is 0.367 e. The quantitative estimate of drug-likeness (QED) is 0.928. The van der Waals surface area contributed by atoms with E-state index in [9.17, 15) is 8.42 Å². The third kappa shape index (κ3) is 3.72. The van der Waals surface area contributed by atoms with Crippen molar-refractivity contribution in [3.63, 3.8) is 0 Å². The van der Waals surface area contributed by atoms with E-state index >= 15 is 0 Å². The third-order valence-corrected chi connectivity index (χ3v) is 5.14. The number of aromatic nitrogens is 1. The minimum atomic E-state index is -3.15. The molecule has 0 aliphatic heterocycles. The number of nitrogens with zero attached hydrogens (tertiary/aromatic N) is 1. The lowest BCUT2D eigenvalue weighted by Gasteiger charge is -2.23. The predicted molar refractivity (Wildman–Crippen MR) is 71.7 cm³/mol. The van der Waals surface area contributed by atoms with E-state index in [2.05, 4.69) is 10.3 Å². The van der Waals surface area contributed by atoms with Gasteiger partial charge in [0.1, 0.15) is 5.82 Å². The average molecular weight is 297 g/mol. The standard InChI is InChI=1S/C10H14Cl2N2O2S/c1-10(2,17(3,15)16)6-14-9-8(12)4-7(11)5-13-9/h4-5H,6H2,1-3H3,(H,13,14). The summed E-state index contributed by atoms with van der Waals surface area (Å²) in [6.07, 6.45) is 2.65. The molecule has 17 heavy (non-hydrogen) atoms. The van der Waals surface area contributed by atoms with E-state index in [-0.39, 0.29) is 6.54 Å². The van der Waals surface area contributed by atoms with Crippen LogP contribution in [0.3, 0.4) is 0 Å². The van der Waals surface area contributed by atoms with Crippen LogP contribution in [0.4, 0.5) is 5.82 Å². The van der Waals surface area contributed by atoms with E-state index in [1.54, 1.807) is 19.9 Å². The van der Waals surface area contributed by atoms with Crippen LogP contribution in [0.2, 0.25) is 10.0 Å². The lowest BCUT2D eigenvalue weighted by molar-refractivity contribution is 0.559. The highest BCUT2D eigenvalue weighted by Gasteiger charge is 2.30. The Labute approximate surface area is 111 Å². The summed E-state index contributed by atoms with van der Waals surface area (Å²) in [6, 6.07) is 1.55. The van der Waals surface area contributed by atoms with Gasteiger partial charge in [-0.05, 0) is 19.9 Å². The van der Waals surface area contributed by atoms with Crippen molar-refractivity contribution in [3.05, 3.63) is 22.3 Å². The Balaban J connectivity index is 2.81. The van der Waals surface area contributed by atoms with Gasteiger partial charge in [0.25, 0.3) is 0 Å². The SMILES string of the molecule is CC(C)(CNc1ncc(Cl)cc1Cl)S(C)(=O)=O. The first-order valence-electron chi connectivity index (χ1n) is 4.88. The zero-order valence-electron chi connectivity index (χ0n) is 9.79. The van der Waals surface area contributed by atoms with Crippen LogP contribution < -0.4 is 5.32 Å². The number of hydrogen-bond donors (Lipinski definition) is 1. The molecule has 1 heterocycles. The molecule has 0 amide bonds. The van der Waals surface area contributed by atoms with Crippen LogP contribution in [-0.2, 0) is 9.84 Å². The Morgan fingerprint density at radius 1 is 1.41 bits per heavy atom. The van der Waals surface area contributed by atoms with Crippen molar-refractivity contribution in [1.29, 1.82) is 0 Å². The fraction of sp³-hybridized carbons (Fsp3) is 0.500. The third-order valence-electron chi connectivity index (χ3n) is 2.49. The van der Waals surface area contributed by atoms with Crippen LogP contribution in [-0.4, -0.2) is 30.9 Å². The first kappa shape index (κ1) is 14.5. The summed E-state index contributed by atoms with van der Waals surface area (Å²) in [5.41, 5.74) is 0. The number of pyridine rings is 1. The number of halogens is 2. The van der Waals surface area contributed by atoms with E-state index in [0.29, 0.717) is 15.9 Å². The first-order chi connectivity index (χ1) is 7.63. The molecule has 0 saturated heterocycles. The minimum Gasteiger partial charge on any atom is -0.367 e. The Morgan fingerprint density at radius 2 is 2.00 bits per heavy atom. The molecule has 1 rings (SSSR count). The maximum absolute atomic E-state index is 11.5. The lowest BCUT2D eigenvalue weighted by Crippen LogP contribution is -2.38. The second-order valence-electron chi connectivity index (χ2n) is 4.37. The zero-order valence-corrected chi connectivity index (χ0v) is 12.1. The molecule has 0 fully saturated rings. The van der Waals surface area contributed by atoms with Crippen molar-refractivity contribution in [2.75, 3.05) is 18.1 Å². The zero-order chi connectivity index (χ0) is 13.3. The smallest absolute Gasteiger partial charge is 0.154 e. The topological polar surface area (TPSA) is 59.1 Å². The van der Waals surface area contributed by atoms with E-state index in [0.717, 1.165) is 0 Å². The van der Waals surface area contributed by atoms with Crippen LogP contribution in [0.25, 0.3) is 0 Å². The van der Waals surface area contributed by atoms with Gasteiger partial charge in [0, 0.05) is 19.0 Å². The fourth-order valence-corrected chi connectivity index (χ4v) is 1.75. The Bertz CT molecular complexity index is 515. The monoisotopic (exact) mass is 296 g/mol. The second kappa shape index (κ2) is 5.00. The van der Waals surface area contributed by atoms with Gasteiger partial charge < -0.3 is 5.32 Å². The highest BCUT2D eigenvalue weighted by molar-refractivity contribution is 7.92. The van der Waals surface area contributed by atoms with Gasteiger partial charge in [-0.15, -0.1) is 0 Å². The van der Waals surface area contributed by atoms with E-state index in [4.69, 9.17) is 23.2 Å². The van der Waals surface area contributed by atoms with Crippen molar-refractivity contribution in [3.8, 4) is 0 Å². The number of rotatable bonds is 4. The molecular formula is C10H14Cl2N2O2S. The van der Waals surface area contributed by atoms with Crippen LogP contribution in [0.1, 0.15) is 13.8 Å². The molecule has 1 aromatic rings. The number of sulfone groups is 1. The molecule has 0 spiro atoms. The summed E-state index contributed by atoms with van der Waals surface area (Å²) in [7, 11) is -3.15. The van der Waals surface area contributed by atoms with Gasteiger partial charge in [0.2, 0.25) is 0 Å². The molecule has 1 aromatic heterocycles. The molecule has 0 unspecified atom stereocenters. The molecule has 0 radical (unpaired) electrons. The van der Waals surface area contributed by atoms with Crippen molar-refractivity contribution in [1.82, 2.24) is 4.98 Å². The molecule has 96 valence electrons. The summed E-state index contributed by atoms with van der Waals surface area (Å²) in [6.45, 7) is 3.50. The maximum atomic E-state index is 11.5. The van der Waals surface area contributed by atoms with Crippen molar-refractivity contribution in [2.45, 2.75) is 18.6 Å². The molecule has 1 N–H and O–H groups in total. The van der Waals surface area contributed by atoms with Gasteiger partial charge in [0.05, 0.1) is 14.8 Å². The van der Waals surface area contributed by atoms with Crippen molar-refractivity contribution >= 4 is 38.9 Å². The summed E-state index contributed by atoms with van der Waals surface area (Å²) >= 11 is 11.6. The fourth-order valence-electron chi connectivity index (χ4n) is 0.972. The van der Waals surface area contributed by atoms with Gasteiger partial charge in [-0.25, -0.2) is 13.4 Å². The number of anilines is 1. The second-order valence-corrected chi connectivity index (χ2v) is 7.86. The predicted octanol–water partition coefficient (Wildman–Crippen LogP) is 2.62. The highest BCUT2D eigenvalue weighted by atomic mass is 35.5. The van der Waals surface area contributed by atoms with E-state index < -0.39 is 14.6 Å². The molecule has 0 aliphatic rings. The number of hydrogen-bond acceptors (Lipinski definition) is 4. The van der Waals surface area contributed by atoms with Gasteiger partial charge in [-0.3, -0.25) is 0 Å². The highest BCUT2D eigenvalue weighted by Crippen LogP contribution is 2.24. The molecule has 0 aromatic carbocycles. The summed E-state index contributed by atoms with van der Waals surface area (Å²) in [5.74, 6) is 0.424. The van der Waals surface area contributed by atoms with Gasteiger partial charge in [-0.1, -0.05) is 23.2 Å². The molecule has 0 bridgehead atoms. The molecule has 0 saturated carbocycles. The Morgan fingerprint density at radius 3 is 2.47 bits per heavy atom. The average Bonchev–Trinajstić information content (AvgIpc) is 2.14. The molecule has 4 nitrogen and oxygen atoms in total. The van der Waals surface area contributed by atoms with Gasteiger partial charge in [0.15, 0.2) is 9.84 Å². The number of nitrogens with one attached hydrogen (secondary N) is 1. The molecular weight excluding hydrogens is 283 g/mol. The molecule has 7 heteroatoms. The van der Waals surface area contributed by atoms with Crippen LogP contribution in [0, 0.1) is 0 Å². The molecule has 0 atom stereocenters. The van der Waals surface area contributed by atoms with Crippen LogP contribution in [0.5, 0.6) is 0 Å². The van der Waals surface area contributed by atoms with Gasteiger partial charge >= 0.3 is 0 Å². The summed E-state index contributed by atoms with van der Waals surface area (Å²) in [4.78, 5) is 3.99. The lowest BCUT2D eigenvalue weighted by atomic mass is 10.2. The normalized spacial score (nSPS) is 12.5. The first-order valence-corrected chi connectivity index (χ1v) is 7.53. The van der Waals surface area contributed by atoms with E-state index in [1.807, 2.05) is 0 Å². The maximum Gasteiger partial charge on any atom is 0.154 e. The van der Waals surface area contributed by atoms with Crippen LogP contribution >= 0.6 is 23.2 Å². The van der Waals surface area contributed by atoms with Crippen molar-refractivity contribution < 1.29 is 8.42 Å². The van der Waals surface area contributed by atoms with Crippen LogP contribution in [0.15, 0.2) is 12.3 Å². The summed E-state index contributed by atoms with van der Waals surface area (Å²) < 4.78 is 22.1. The Kier molecular flexibility index (Phi) is 4.28. The molecule has 0 aliphatic carbocycles. The minimum absolute atomic E-state index is 0.222. The summed E-state index contributed by atoms with van der Waals surface area (Å²) in [5, 5.41) is 3.70. The van der Waals surface area contributed by atoms with Crippen molar-refractivity contribution in [2.24, 2.45) is 0 Å². The van der Waals surface area contributed by atoms with Gasteiger partial charge in [-0.2, -0.15) is 0 Å².